The zero-order valence-corrected chi connectivity index (χ0v) is 14.3. The Bertz CT molecular complexity index is 596. The molecular weight excluding hydrogens is 341 g/mol. The number of rotatable bonds is 2. The van der Waals surface area contributed by atoms with Crippen LogP contribution in [0.1, 0.15) is 25.7 Å². The zero-order valence-electron chi connectivity index (χ0n) is 12.1. The quantitative estimate of drug-likeness (QED) is 0.729. The van der Waals surface area contributed by atoms with Crippen LogP contribution in [0.5, 0.6) is 0 Å². The molecule has 3 aliphatic carbocycles. The third kappa shape index (κ3) is 2.44. The summed E-state index contributed by atoms with van der Waals surface area (Å²) in [6, 6.07) is 7.38. The second-order valence-corrected chi connectivity index (χ2v) is 8.72. The van der Waals surface area contributed by atoms with Crippen LogP contribution in [-0.2, 0) is 4.79 Å². The predicted molar refractivity (Wildman–Crippen MR) is 90.4 cm³/mol. The number of para-hydroxylation sites is 1. The van der Waals surface area contributed by atoms with Crippen LogP contribution in [0.15, 0.2) is 24.3 Å². The van der Waals surface area contributed by atoms with Crippen LogP contribution >= 0.6 is 34.8 Å². The molecule has 3 saturated carbocycles. The van der Waals surface area contributed by atoms with E-state index in [0.29, 0.717) is 34.4 Å². The molecule has 4 rings (SSSR count). The molecule has 0 unspecified atom stereocenters. The largest absolute Gasteiger partial charge is 0.325 e. The Hall–Kier alpha value is -0.440. The van der Waals surface area contributed by atoms with E-state index < -0.39 is 4.33 Å². The number of hydrogen-bond acceptors (Lipinski definition) is 1. The first-order chi connectivity index (χ1) is 10.5. The molecule has 0 aromatic heterocycles. The molecule has 0 bridgehead atoms. The maximum Gasteiger partial charge on any atom is 0.228 e. The summed E-state index contributed by atoms with van der Waals surface area (Å²) < 4.78 is -0.494. The highest BCUT2D eigenvalue weighted by Gasteiger charge is 2.65. The first-order valence-electron chi connectivity index (χ1n) is 7.93. The molecule has 1 N–H and O–H groups in total. The lowest BCUT2D eigenvalue weighted by molar-refractivity contribution is -0.117. The van der Waals surface area contributed by atoms with E-state index in [1.54, 1.807) is 6.07 Å². The number of halogens is 3. The van der Waals surface area contributed by atoms with Crippen molar-refractivity contribution in [1.29, 1.82) is 0 Å². The SMILES string of the molecule is O=C(Nc1ccccc1Cl)C1[C@@H]2CC[C@@H]3[C@@H](CC[C@@H]12)C3(Cl)Cl. The van der Waals surface area contributed by atoms with Gasteiger partial charge in [0.25, 0.3) is 0 Å². The molecule has 22 heavy (non-hydrogen) atoms. The molecule has 3 aliphatic rings. The predicted octanol–water partition coefficient (Wildman–Crippen LogP) is 5.13. The van der Waals surface area contributed by atoms with Crippen molar-refractivity contribution in [2.75, 3.05) is 5.32 Å². The fraction of sp³-hybridized carbons (Fsp3) is 0.588. The van der Waals surface area contributed by atoms with Crippen LogP contribution in [0.2, 0.25) is 5.02 Å². The molecule has 5 heteroatoms. The topological polar surface area (TPSA) is 29.1 Å². The van der Waals surface area contributed by atoms with Crippen LogP contribution in [0.3, 0.4) is 0 Å². The number of benzene rings is 1. The van der Waals surface area contributed by atoms with Crippen molar-refractivity contribution < 1.29 is 4.79 Å². The fourth-order valence-electron chi connectivity index (χ4n) is 4.39. The number of carbonyl (C=O) groups is 1. The number of anilines is 1. The van der Waals surface area contributed by atoms with E-state index in [9.17, 15) is 4.79 Å². The van der Waals surface area contributed by atoms with E-state index in [0.717, 1.165) is 25.7 Å². The second kappa shape index (κ2) is 5.29. The molecule has 4 atom stereocenters. The summed E-state index contributed by atoms with van der Waals surface area (Å²) in [7, 11) is 0. The first kappa shape index (κ1) is 15.1. The van der Waals surface area contributed by atoms with Gasteiger partial charge >= 0.3 is 0 Å². The summed E-state index contributed by atoms with van der Waals surface area (Å²) in [5, 5.41) is 3.57. The van der Waals surface area contributed by atoms with E-state index in [-0.39, 0.29) is 11.8 Å². The average molecular weight is 359 g/mol. The van der Waals surface area contributed by atoms with Gasteiger partial charge in [-0.15, -0.1) is 23.2 Å². The van der Waals surface area contributed by atoms with E-state index in [1.807, 2.05) is 18.2 Å². The van der Waals surface area contributed by atoms with Crippen molar-refractivity contribution in [3.05, 3.63) is 29.3 Å². The molecule has 0 spiro atoms. The Morgan fingerprint density at radius 2 is 1.64 bits per heavy atom. The fourth-order valence-corrected chi connectivity index (χ4v) is 5.49. The van der Waals surface area contributed by atoms with Gasteiger partial charge < -0.3 is 5.32 Å². The van der Waals surface area contributed by atoms with Gasteiger partial charge in [0, 0.05) is 5.92 Å². The third-order valence-electron chi connectivity index (χ3n) is 5.75. The van der Waals surface area contributed by atoms with Crippen molar-refractivity contribution in [1.82, 2.24) is 0 Å². The summed E-state index contributed by atoms with van der Waals surface area (Å²) in [4.78, 5) is 12.5. The number of carbonyl (C=O) groups excluding carboxylic acids is 1. The van der Waals surface area contributed by atoms with E-state index in [4.69, 9.17) is 34.8 Å². The van der Waals surface area contributed by atoms with Gasteiger partial charge in [0.05, 0.1) is 10.7 Å². The first-order valence-corrected chi connectivity index (χ1v) is 9.06. The highest BCUT2D eigenvalue weighted by molar-refractivity contribution is 6.51. The van der Waals surface area contributed by atoms with Gasteiger partial charge in [-0.05, 0) is 61.5 Å². The maximum atomic E-state index is 12.5. The third-order valence-corrected chi connectivity index (χ3v) is 7.20. The molecule has 118 valence electrons. The van der Waals surface area contributed by atoms with E-state index in [1.165, 1.54) is 0 Å². The Morgan fingerprint density at radius 3 is 2.23 bits per heavy atom. The number of fused-ring (bicyclic) bond motifs is 2. The van der Waals surface area contributed by atoms with Crippen molar-refractivity contribution in [2.24, 2.45) is 29.6 Å². The van der Waals surface area contributed by atoms with Gasteiger partial charge in [0.2, 0.25) is 5.91 Å². The van der Waals surface area contributed by atoms with E-state index >= 15 is 0 Å². The van der Waals surface area contributed by atoms with Crippen molar-refractivity contribution in [3.8, 4) is 0 Å². The maximum absolute atomic E-state index is 12.5. The van der Waals surface area contributed by atoms with Gasteiger partial charge in [0.15, 0.2) is 0 Å². The van der Waals surface area contributed by atoms with Crippen molar-refractivity contribution >= 4 is 46.4 Å². The molecular formula is C17H18Cl3NO. The molecule has 0 radical (unpaired) electrons. The summed E-state index contributed by atoms with van der Waals surface area (Å²) in [5.74, 6) is 2.10. The van der Waals surface area contributed by atoms with Crippen LogP contribution < -0.4 is 5.32 Å². The minimum absolute atomic E-state index is 0.113. The van der Waals surface area contributed by atoms with Gasteiger partial charge in [-0.25, -0.2) is 0 Å². The smallest absolute Gasteiger partial charge is 0.228 e. The minimum Gasteiger partial charge on any atom is -0.325 e. The Labute approximate surface area is 145 Å². The number of hydrogen-bond donors (Lipinski definition) is 1. The Balaban J connectivity index is 1.40. The lowest BCUT2D eigenvalue weighted by Gasteiger charge is -2.07. The molecule has 2 nitrogen and oxygen atoms in total. The summed E-state index contributed by atoms with van der Waals surface area (Å²) >= 11 is 18.7. The highest BCUT2D eigenvalue weighted by atomic mass is 35.5. The van der Waals surface area contributed by atoms with Crippen LogP contribution in [0, 0.1) is 29.6 Å². The standard InChI is InChI=1S/C17H18Cl3NO/c18-13-3-1-2-4-14(13)21-16(22)15-9-5-7-11-12(17(11,19)20)8-6-10(9)15/h1-4,9-12,15H,5-8H2,(H,21,22)/t9-,10-,11-,12-/m1/s1. The molecule has 1 aromatic rings. The molecule has 0 heterocycles. The van der Waals surface area contributed by atoms with Crippen LogP contribution in [0.25, 0.3) is 0 Å². The molecule has 0 saturated heterocycles. The van der Waals surface area contributed by atoms with Gasteiger partial charge in [-0.1, -0.05) is 23.7 Å². The molecule has 1 amide bonds. The lowest BCUT2D eigenvalue weighted by atomic mass is 10.0. The summed E-state index contributed by atoms with van der Waals surface area (Å²) in [5.41, 5.74) is 0.705. The van der Waals surface area contributed by atoms with Crippen molar-refractivity contribution in [3.63, 3.8) is 0 Å². The molecule has 0 aliphatic heterocycles. The highest BCUT2D eigenvalue weighted by Crippen LogP contribution is 2.67. The Kier molecular flexibility index (Phi) is 3.63. The second-order valence-electron chi connectivity index (χ2n) is 6.86. The molecule has 1 aromatic carbocycles. The van der Waals surface area contributed by atoms with Gasteiger partial charge in [-0.2, -0.15) is 0 Å². The normalized spacial score (nSPS) is 38.0. The summed E-state index contributed by atoms with van der Waals surface area (Å²) in [6.07, 6.45) is 4.23. The molecule has 3 fully saturated rings. The Morgan fingerprint density at radius 1 is 1.05 bits per heavy atom. The number of alkyl halides is 2. The summed E-state index contributed by atoms with van der Waals surface area (Å²) in [6.45, 7) is 0. The van der Waals surface area contributed by atoms with E-state index in [2.05, 4.69) is 5.32 Å². The van der Waals surface area contributed by atoms with Gasteiger partial charge in [-0.3, -0.25) is 4.79 Å². The van der Waals surface area contributed by atoms with Crippen LogP contribution in [-0.4, -0.2) is 10.2 Å². The zero-order chi connectivity index (χ0) is 15.5. The monoisotopic (exact) mass is 357 g/mol. The number of amides is 1. The number of nitrogens with one attached hydrogen (secondary N) is 1. The van der Waals surface area contributed by atoms with Crippen molar-refractivity contribution in [2.45, 2.75) is 30.0 Å². The average Bonchev–Trinajstić information content (AvgIpc) is 3.26. The lowest BCUT2D eigenvalue weighted by Crippen LogP contribution is -2.16. The van der Waals surface area contributed by atoms with Crippen LogP contribution in [0.4, 0.5) is 5.69 Å². The van der Waals surface area contributed by atoms with Gasteiger partial charge in [0.1, 0.15) is 4.33 Å². The minimum atomic E-state index is -0.494.